The van der Waals surface area contributed by atoms with Crippen LogP contribution in [0.15, 0.2) is 48.5 Å². The van der Waals surface area contributed by atoms with Crippen molar-refractivity contribution in [1.29, 1.82) is 0 Å². The van der Waals surface area contributed by atoms with Crippen molar-refractivity contribution in [2.45, 2.75) is 71.8 Å². The first-order valence-electron chi connectivity index (χ1n) is 12.3. The molecule has 0 unspecified atom stereocenters. The molecule has 1 amide bonds. The van der Waals surface area contributed by atoms with Gasteiger partial charge in [-0.25, -0.2) is 0 Å². The van der Waals surface area contributed by atoms with Crippen molar-refractivity contribution in [1.82, 2.24) is 4.90 Å². The Bertz CT molecular complexity index is 829. The van der Waals surface area contributed by atoms with E-state index >= 15 is 0 Å². The molecule has 0 radical (unpaired) electrons. The number of amides is 1. The maximum atomic E-state index is 12.7. The molecule has 174 valence electrons. The predicted molar refractivity (Wildman–Crippen MR) is 134 cm³/mol. The Kier molecular flexibility index (Phi) is 8.75. The van der Waals surface area contributed by atoms with Crippen LogP contribution in [0.25, 0.3) is 0 Å². The highest BCUT2D eigenvalue weighted by atomic mass is 16.5. The van der Waals surface area contributed by atoms with Gasteiger partial charge < -0.3 is 9.64 Å². The average molecular weight is 437 g/mol. The molecule has 32 heavy (non-hydrogen) atoms. The van der Waals surface area contributed by atoms with Gasteiger partial charge in [-0.3, -0.25) is 9.69 Å². The average Bonchev–Trinajstić information content (AvgIpc) is 2.80. The number of rotatable bonds is 9. The topological polar surface area (TPSA) is 32.8 Å². The number of ether oxygens (including phenoxy) is 1. The summed E-state index contributed by atoms with van der Waals surface area (Å²) in [7, 11) is 0. The number of hydrogen-bond donors (Lipinski definition) is 0. The third kappa shape index (κ3) is 5.92. The molecule has 0 N–H and O–H groups in total. The van der Waals surface area contributed by atoms with Crippen LogP contribution >= 0.6 is 0 Å². The molecule has 2 aromatic carbocycles. The second-order valence-electron chi connectivity index (χ2n) is 9.45. The summed E-state index contributed by atoms with van der Waals surface area (Å²) in [5.41, 5.74) is 3.62. The number of anilines is 1. The Morgan fingerprint density at radius 1 is 0.969 bits per heavy atom. The quantitative estimate of drug-likeness (QED) is 0.468. The highest BCUT2D eigenvalue weighted by Crippen LogP contribution is 2.34. The summed E-state index contributed by atoms with van der Waals surface area (Å²) in [5.74, 6) is 2.18. The number of carbonyl (C=O) groups excluding carboxylic acids is 1. The monoisotopic (exact) mass is 436 g/mol. The van der Waals surface area contributed by atoms with E-state index < -0.39 is 0 Å². The van der Waals surface area contributed by atoms with Gasteiger partial charge in [-0.05, 0) is 47.9 Å². The zero-order valence-electron chi connectivity index (χ0n) is 20.5. The molecule has 3 rings (SSSR count). The number of nitrogens with zero attached hydrogens (tertiary/aromatic N) is 2. The van der Waals surface area contributed by atoms with Crippen LogP contribution in [-0.2, 0) is 4.79 Å². The molecular formula is C28H40N2O2. The first-order valence-corrected chi connectivity index (χ1v) is 12.3. The Morgan fingerprint density at radius 3 is 2.09 bits per heavy atom. The third-order valence-corrected chi connectivity index (χ3v) is 6.50. The minimum absolute atomic E-state index is 0.212. The molecule has 0 saturated carbocycles. The van der Waals surface area contributed by atoms with E-state index in [9.17, 15) is 4.79 Å². The number of hydrogen-bond acceptors (Lipinski definition) is 3. The zero-order valence-corrected chi connectivity index (χ0v) is 20.5. The summed E-state index contributed by atoms with van der Waals surface area (Å²) in [6.07, 6.45) is 2.54. The lowest BCUT2D eigenvalue weighted by atomic mass is 9.94. The molecule has 2 aromatic rings. The highest BCUT2D eigenvalue weighted by molar-refractivity contribution is 5.93. The van der Waals surface area contributed by atoms with Gasteiger partial charge in [-0.1, -0.05) is 71.0 Å². The molecule has 1 saturated heterocycles. The van der Waals surface area contributed by atoms with Crippen LogP contribution in [0.2, 0.25) is 0 Å². The minimum Gasteiger partial charge on any atom is -0.492 e. The van der Waals surface area contributed by atoms with Gasteiger partial charge >= 0.3 is 0 Å². The number of likely N-dealkylation sites (tertiary alicyclic amines) is 1. The Balaban J connectivity index is 1.58. The molecule has 4 heteroatoms. The molecule has 1 aliphatic heterocycles. The van der Waals surface area contributed by atoms with Crippen LogP contribution in [0.1, 0.15) is 76.8 Å². The van der Waals surface area contributed by atoms with Crippen LogP contribution in [-0.4, -0.2) is 43.1 Å². The predicted octanol–water partition coefficient (Wildman–Crippen LogP) is 6.22. The first-order chi connectivity index (χ1) is 15.4. The van der Waals surface area contributed by atoms with Crippen LogP contribution < -0.4 is 9.64 Å². The molecular weight excluding hydrogens is 396 g/mol. The van der Waals surface area contributed by atoms with E-state index in [2.05, 4.69) is 50.8 Å². The van der Waals surface area contributed by atoms with Crippen LogP contribution in [0.4, 0.5) is 5.69 Å². The first kappa shape index (κ1) is 24.3. The molecule has 0 atom stereocenters. The molecule has 0 aliphatic carbocycles. The van der Waals surface area contributed by atoms with Gasteiger partial charge in [0.25, 0.3) is 0 Å². The van der Waals surface area contributed by atoms with Crippen LogP contribution in [0, 0.1) is 0 Å². The zero-order chi connectivity index (χ0) is 23.1. The maximum Gasteiger partial charge on any atom is 0.226 e. The van der Waals surface area contributed by atoms with E-state index in [4.69, 9.17) is 4.74 Å². The Morgan fingerprint density at radius 2 is 1.56 bits per heavy atom. The Hall–Kier alpha value is -2.33. The summed E-state index contributed by atoms with van der Waals surface area (Å²) in [4.78, 5) is 17.2. The van der Waals surface area contributed by atoms with E-state index in [1.54, 1.807) is 0 Å². The van der Waals surface area contributed by atoms with Gasteiger partial charge in [0.15, 0.2) is 0 Å². The van der Waals surface area contributed by atoms with E-state index in [-0.39, 0.29) is 11.9 Å². The van der Waals surface area contributed by atoms with Gasteiger partial charge in [0.05, 0.1) is 0 Å². The van der Waals surface area contributed by atoms with Crippen molar-refractivity contribution in [2.24, 2.45) is 0 Å². The SMILES string of the molecule is CCC(=O)N(c1ccccc1)C1CCN(CCOc2c(C(C)C)cccc2C(C)C)CC1. The van der Waals surface area contributed by atoms with Crippen LogP contribution in [0.5, 0.6) is 5.75 Å². The summed E-state index contributed by atoms with van der Waals surface area (Å²) < 4.78 is 6.39. The fourth-order valence-corrected chi connectivity index (χ4v) is 4.64. The molecule has 0 bridgehead atoms. The largest absolute Gasteiger partial charge is 0.492 e. The maximum absolute atomic E-state index is 12.7. The fourth-order valence-electron chi connectivity index (χ4n) is 4.64. The minimum atomic E-state index is 0.212. The molecule has 0 aromatic heterocycles. The second-order valence-corrected chi connectivity index (χ2v) is 9.45. The van der Waals surface area contributed by atoms with Crippen molar-refractivity contribution in [2.75, 3.05) is 31.1 Å². The lowest BCUT2D eigenvalue weighted by Crippen LogP contribution is -2.48. The van der Waals surface area contributed by atoms with Crippen molar-refractivity contribution in [3.63, 3.8) is 0 Å². The van der Waals surface area contributed by atoms with Crippen molar-refractivity contribution < 1.29 is 9.53 Å². The lowest BCUT2D eigenvalue weighted by molar-refractivity contribution is -0.119. The molecule has 4 nitrogen and oxygen atoms in total. The summed E-state index contributed by atoms with van der Waals surface area (Å²) in [6, 6.07) is 16.9. The standard InChI is InChI=1S/C28H40N2O2/c1-6-27(31)30(23-11-8-7-9-12-23)24-15-17-29(18-16-24)19-20-32-28-25(21(2)3)13-10-14-26(28)22(4)5/h7-14,21-22,24H,6,15-20H2,1-5H3. The van der Waals surface area contributed by atoms with E-state index in [1.165, 1.54) is 11.1 Å². The van der Waals surface area contributed by atoms with E-state index in [0.717, 1.165) is 43.9 Å². The molecule has 0 spiro atoms. The van der Waals surface area contributed by atoms with Crippen LogP contribution in [0.3, 0.4) is 0 Å². The van der Waals surface area contributed by atoms with E-state index in [0.29, 0.717) is 24.9 Å². The van der Waals surface area contributed by atoms with Crippen molar-refractivity contribution >= 4 is 11.6 Å². The van der Waals surface area contributed by atoms with Gasteiger partial charge in [-0.15, -0.1) is 0 Å². The fraction of sp³-hybridized carbons (Fsp3) is 0.536. The summed E-state index contributed by atoms with van der Waals surface area (Å²) >= 11 is 0. The Labute approximate surface area is 194 Å². The highest BCUT2D eigenvalue weighted by Gasteiger charge is 2.28. The number of piperidine rings is 1. The van der Waals surface area contributed by atoms with Gasteiger partial charge in [0, 0.05) is 37.8 Å². The van der Waals surface area contributed by atoms with Gasteiger partial charge in [0.2, 0.25) is 5.91 Å². The summed E-state index contributed by atoms with van der Waals surface area (Å²) in [5, 5.41) is 0. The van der Waals surface area contributed by atoms with Gasteiger partial charge in [0.1, 0.15) is 12.4 Å². The number of para-hydroxylation sites is 2. The number of benzene rings is 2. The van der Waals surface area contributed by atoms with Crippen molar-refractivity contribution in [3.8, 4) is 5.75 Å². The smallest absolute Gasteiger partial charge is 0.226 e. The number of carbonyl (C=O) groups is 1. The molecule has 1 aliphatic rings. The lowest BCUT2D eigenvalue weighted by Gasteiger charge is -2.38. The van der Waals surface area contributed by atoms with Gasteiger partial charge in [-0.2, -0.15) is 0 Å². The van der Waals surface area contributed by atoms with E-state index in [1.807, 2.05) is 42.2 Å². The second kappa shape index (κ2) is 11.5. The molecule has 1 fully saturated rings. The molecule has 1 heterocycles. The third-order valence-electron chi connectivity index (χ3n) is 6.50. The van der Waals surface area contributed by atoms with Crippen molar-refractivity contribution in [3.05, 3.63) is 59.7 Å². The normalized spacial score (nSPS) is 15.3. The summed E-state index contributed by atoms with van der Waals surface area (Å²) in [6.45, 7) is 14.5.